The van der Waals surface area contributed by atoms with Crippen LogP contribution in [0.25, 0.3) is 0 Å². The quantitative estimate of drug-likeness (QED) is 0.743. The van der Waals surface area contributed by atoms with E-state index in [4.69, 9.17) is 0 Å². The maximum Gasteiger partial charge on any atom is 0.248 e. The number of hydrogen-bond donors (Lipinski definition) is 0. The molecule has 2 nitrogen and oxygen atoms in total. The molecule has 0 aromatic rings. The van der Waals surface area contributed by atoms with Gasteiger partial charge in [-0.2, -0.15) is 0 Å². The minimum Gasteiger partial charge on any atom is -0.298 e. The van der Waals surface area contributed by atoms with Gasteiger partial charge in [0.25, 0.3) is 0 Å². The molecule has 1 aliphatic heterocycles. The monoisotopic (exact) mass is 231 g/mol. The lowest BCUT2D eigenvalue weighted by molar-refractivity contribution is -0.124. The highest BCUT2D eigenvalue weighted by Crippen LogP contribution is 2.49. The third-order valence-electron chi connectivity index (χ3n) is 4.05. The van der Waals surface area contributed by atoms with Crippen molar-refractivity contribution in [2.75, 3.05) is 13.1 Å². The molecule has 0 amide bonds. The van der Waals surface area contributed by atoms with E-state index in [9.17, 15) is 13.6 Å². The lowest BCUT2D eigenvalue weighted by Crippen LogP contribution is -2.40. The van der Waals surface area contributed by atoms with Crippen LogP contribution in [0.3, 0.4) is 0 Å². The van der Waals surface area contributed by atoms with E-state index >= 15 is 0 Å². The van der Waals surface area contributed by atoms with Gasteiger partial charge in [0.05, 0.1) is 6.04 Å². The highest BCUT2D eigenvalue weighted by molar-refractivity contribution is 5.84. The molecule has 2 rings (SSSR count). The molecule has 3 atom stereocenters. The SMILES string of the molecule is CCC(=O)C1C2CC(F)(F)CC2CN1CC. The normalized spacial score (nSPS) is 37.6. The number of halogens is 2. The zero-order chi connectivity index (χ0) is 11.9. The first-order chi connectivity index (χ1) is 7.48. The van der Waals surface area contributed by atoms with Crippen molar-refractivity contribution < 1.29 is 13.6 Å². The molecule has 3 unspecified atom stereocenters. The van der Waals surface area contributed by atoms with Crippen LogP contribution >= 0.6 is 0 Å². The molecule has 0 radical (unpaired) electrons. The van der Waals surface area contributed by atoms with Crippen LogP contribution in [-0.4, -0.2) is 35.7 Å². The molecule has 4 heteroatoms. The molecule has 1 saturated carbocycles. The maximum absolute atomic E-state index is 13.3. The number of alkyl halides is 2. The average Bonchev–Trinajstić information content (AvgIpc) is 2.67. The second kappa shape index (κ2) is 4.06. The molecule has 92 valence electrons. The van der Waals surface area contributed by atoms with Crippen LogP contribution < -0.4 is 0 Å². The molecule has 1 aliphatic carbocycles. The number of nitrogens with zero attached hydrogens (tertiary/aromatic N) is 1. The minimum absolute atomic E-state index is 0.0236. The van der Waals surface area contributed by atoms with Gasteiger partial charge in [0.15, 0.2) is 0 Å². The molecule has 16 heavy (non-hydrogen) atoms. The first kappa shape index (κ1) is 12.0. The molecule has 0 N–H and O–H groups in total. The van der Waals surface area contributed by atoms with Crippen molar-refractivity contribution in [2.45, 2.75) is 45.1 Å². The smallest absolute Gasteiger partial charge is 0.248 e. The third-order valence-corrected chi connectivity index (χ3v) is 4.05. The van der Waals surface area contributed by atoms with Crippen molar-refractivity contribution >= 4 is 5.78 Å². The molecule has 0 aromatic heterocycles. The summed E-state index contributed by atoms with van der Waals surface area (Å²) in [7, 11) is 0. The molecular formula is C12H19F2NO. The summed E-state index contributed by atoms with van der Waals surface area (Å²) in [6, 6.07) is -0.242. The summed E-state index contributed by atoms with van der Waals surface area (Å²) in [6.45, 7) is 5.27. The van der Waals surface area contributed by atoms with Gasteiger partial charge in [-0.3, -0.25) is 9.69 Å². The Labute approximate surface area is 95.0 Å². The molecule has 0 bridgehead atoms. The number of rotatable bonds is 3. The van der Waals surface area contributed by atoms with Crippen molar-refractivity contribution in [3.63, 3.8) is 0 Å². The van der Waals surface area contributed by atoms with E-state index in [2.05, 4.69) is 4.90 Å². The highest BCUT2D eigenvalue weighted by Gasteiger charge is 2.55. The first-order valence-electron chi connectivity index (χ1n) is 6.13. The standard InChI is InChI=1S/C12H19F2NO/c1-3-10(16)11-9-6-12(13,14)5-8(9)7-15(11)4-2/h8-9,11H,3-7H2,1-2H3. The second-order valence-electron chi connectivity index (χ2n) is 5.04. The van der Waals surface area contributed by atoms with E-state index in [1.54, 1.807) is 0 Å². The molecule has 1 heterocycles. The number of hydrogen-bond acceptors (Lipinski definition) is 2. The Morgan fingerprint density at radius 1 is 1.38 bits per heavy atom. The van der Waals surface area contributed by atoms with Gasteiger partial charge in [0.1, 0.15) is 5.78 Å². The van der Waals surface area contributed by atoms with Gasteiger partial charge in [-0.1, -0.05) is 13.8 Å². The fourth-order valence-electron chi connectivity index (χ4n) is 3.36. The Morgan fingerprint density at radius 3 is 2.62 bits per heavy atom. The van der Waals surface area contributed by atoms with Gasteiger partial charge in [-0.15, -0.1) is 0 Å². The summed E-state index contributed by atoms with van der Waals surface area (Å²) in [5.74, 6) is -2.49. The molecule has 1 saturated heterocycles. The summed E-state index contributed by atoms with van der Waals surface area (Å²) in [5.41, 5.74) is 0. The Morgan fingerprint density at radius 2 is 2.06 bits per heavy atom. The molecule has 0 spiro atoms. The summed E-state index contributed by atoms with van der Waals surface area (Å²) in [6.07, 6.45) is 0.336. The fraction of sp³-hybridized carbons (Fsp3) is 0.917. The minimum atomic E-state index is -2.54. The van der Waals surface area contributed by atoms with Crippen molar-refractivity contribution in [3.05, 3.63) is 0 Å². The van der Waals surface area contributed by atoms with Crippen LogP contribution in [0.15, 0.2) is 0 Å². The average molecular weight is 231 g/mol. The Hall–Kier alpha value is -0.510. The summed E-state index contributed by atoms with van der Waals surface area (Å²) in [5, 5.41) is 0. The topological polar surface area (TPSA) is 20.3 Å². The van der Waals surface area contributed by atoms with Crippen LogP contribution in [0, 0.1) is 11.8 Å². The van der Waals surface area contributed by atoms with Crippen LogP contribution in [0.1, 0.15) is 33.1 Å². The van der Waals surface area contributed by atoms with Crippen molar-refractivity contribution in [3.8, 4) is 0 Å². The van der Waals surface area contributed by atoms with E-state index in [0.717, 1.165) is 6.54 Å². The molecular weight excluding hydrogens is 212 g/mol. The lowest BCUT2D eigenvalue weighted by atomic mass is 9.90. The van der Waals surface area contributed by atoms with Gasteiger partial charge < -0.3 is 0 Å². The largest absolute Gasteiger partial charge is 0.298 e. The summed E-state index contributed by atoms with van der Waals surface area (Å²) < 4.78 is 26.6. The number of likely N-dealkylation sites (tertiary alicyclic amines) is 1. The van der Waals surface area contributed by atoms with E-state index in [0.29, 0.717) is 13.0 Å². The van der Waals surface area contributed by atoms with Crippen LogP contribution in [-0.2, 0) is 4.79 Å². The number of fused-ring (bicyclic) bond motifs is 1. The second-order valence-corrected chi connectivity index (χ2v) is 5.04. The summed E-state index contributed by atoms with van der Waals surface area (Å²) in [4.78, 5) is 13.9. The molecule has 2 aliphatic rings. The number of likely N-dealkylation sites (N-methyl/N-ethyl adjacent to an activating group) is 1. The Bertz CT molecular complexity index is 293. The van der Waals surface area contributed by atoms with E-state index in [1.807, 2.05) is 13.8 Å². The van der Waals surface area contributed by atoms with Crippen molar-refractivity contribution in [1.29, 1.82) is 0 Å². The highest BCUT2D eigenvalue weighted by atomic mass is 19.3. The van der Waals surface area contributed by atoms with Gasteiger partial charge in [0, 0.05) is 25.8 Å². The number of carbonyl (C=O) groups excluding carboxylic acids is 1. The van der Waals surface area contributed by atoms with E-state index in [1.165, 1.54) is 0 Å². The third kappa shape index (κ3) is 1.88. The fourth-order valence-corrected chi connectivity index (χ4v) is 3.36. The maximum atomic E-state index is 13.3. The number of Topliss-reactive ketones (excluding diaryl/α,β-unsaturated/α-hetero) is 1. The van der Waals surface area contributed by atoms with Crippen LogP contribution in [0.5, 0.6) is 0 Å². The zero-order valence-corrected chi connectivity index (χ0v) is 9.88. The Kier molecular flexibility index (Phi) is 3.03. The number of ketones is 1. The van der Waals surface area contributed by atoms with Crippen molar-refractivity contribution in [2.24, 2.45) is 11.8 Å². The van der Waals surface area contributed by atoms with E-state index in [-0.39, 0.29) is 36.5 Å². The first-order valence-corrected chi connectivity index (χ1v) is 6.13. The van der Waals surface area contributed by atoms with Crippen LogP contribution in [0.2, 0.25) is 0 Å². The number of carbonyl (C=O) groups is 1. The van der Waals surface area contributed by atoms with Crippen LogP contribution in [0.4, 0.5) is 8.78 Å². The van der Waals surface area contributed by atoms with Gasteiger partial charge >= 0.3 is 0 Å². The van der Waals surface area contributed by atoms with Crippen molar-refractivity contribution in [1.82, 2.24) is 4.90 Å². The zero-order valence-electron chi connectivity index (χ0n) is 9.88. The van der Waals surface area contributed by atoms with Gasteiger partial charge in [-0.05, 0) is 18.4 Å². The van der Waals surface area contributed by atoms with E-state index < -0.39 is 5.92 Å². The lowest BCUT2D eigenvalue weighted by Gasteiger charge is -2.25. The predicted molar refractivity (Wildman–Crippen MR) is 57.5 cm³/mol. The summed E-state index contributed by atoms with van der Waals surface area (Å²) >= 11 is 0. The Balaban J connectivity index is 2.17. The van der Waals surface area contributed by atoms with Gasteiger partial charge in [-0.25, -0.2) is 8.78 Å². The molecule has 2 fully saturated rings. The van der Waals surface area contributed by atoms with Gasteiger partial charge in [0.2, 0.25) is 5.92 Å². The predicted octanol–water partition coefficient (Wildman–Crippen LogP) is 2.33. The molecule has 0 aromatic carbocycles.